The van der Waals surface area contributed by atoms with Crippen molar-refractivity contribution in [2.75, 3.05) is 7.11 Å². The van der Waals surface area contributed by atoms with Gasteiger partial charge in [-0.05, 0) is 96.8 Å². The second-order valence-corrected chi connectivity index (χ2v) is 15.3. The van der Waals surface area contributed by atoms with Crippen LogP contribution in [0.25, 0.3) is 0 Å². The van der Waals surface area contributed by atoms with Gasteiger partial charge in [0.25, 0.3) is 0 Å². The van der Waals surface area contributed by atoms with Gasteiger partial charge in [-0.1, -0.05) is 91.0 Å². The largest absolute Gasteiger partial charge is 0.494 e. The summed E-state index contributed by atoms with van der Waals surface area (Å²) in [6.45, 7) is 2.36. The fourth-order valence-corrected chi connectivity index (χ4v) is 7.51. The molecule has 6 aromatic carbocycles. The number of esters is 5. The number of hydrogen-bond donors (Lipinski definition) is 1. The Morgan fingerprint density at radius 2 is 1.12 bits per heavy atom. The minimum absolute atomic E-state index is 0.0149. The molecule has 338 valence electrons. The van der Waals surface area contributed by atoms with Gasteiger partial charge < -0.3 is 38.3 Å². The van der Waals surface area contributed by atoms with Crippen molar-refractivity contribution in [1.29, 1.82) is 0 Å². The minimum Gasteiger partial charge on any atom is -0.494 e. The molecular weight excluding hydrogens is 852 g/mol. The fourth-order valence-electron chi connectivity index (χ4n) is 7.51. The van der Waals surface area contributed by atoms with E-state index in [1.807, 2.05) is 0 Å². The van der Waals surface area contributed by atoms with Gasteiger partial charge in [-0.25, -0.2) is 23.6 Å². The first-order chi connectivity index (χ1) is 31.8. The Bertz CT molecular complexity index is 2660. The zero-order chi connectivity index (χ0) is 46.8. The van der Waals surface area contributed by atoms with Gasteiger partial charge in [0.15, 0.2) is 23.8 Å². The Kier molecular flexibility index (Phi) is 14.7. The maximum Gasteiger partial charge on any atom is 0.338 e. The highest BCUT2D eigenvalue weighted by Gasteiger charge is 2.62. The molecule has 0 aliphatic carbocycles. The number of rotatable bonds is 15. The summed E-state index contributed by atoms with van der Waals surface area (Å²) in [5.41, 5.74) is 1.18. The van der Waals surface area contributed by atoms with Gasteiger partial charge in [0.2, 0.25) is 11.9 Å². The van der Waals surface area contributed by atoms with E-state index in [1.54, 1.807) is 91.0 Å². The number of carbonyl (C=O) groups is 5. The minimum atomic E-state index is -2.90. The van der Waals surface area contributed by atoms with E-state index < -0.39 is 72.0 Å². The van der Waals surface area contributed by atoms with Crippen molar-refractivity contribution < 1.29 is 66.6 Å². The SMILES string of the molecule is COc1ccc(Cc2ccc(COC(C)=O)cc2[C@@]2(O)O[C@H]([C@H](C)OC(=O)c3ccccc3)[C@@H](OC(=O)c3ccccc3)[C@H](OC(=O)c3ccccc3)[C@H]2OC(=O)c2ccccc2)cc1F. The smallest absolute Gasteiger partial charge is 0.338 e. The van der Waals surface area contributed by atoms with Gasteiger partial charge in [-0.15, -0.1) is 0 Å². The van der Waals surface area contributed by atoms with Crippen LogP contribution in [0.15, 0.2) is 158 Å². The summed E-state index contributed by atoms with van der Waals surface area (Å²) in [5, 5.41) is 13.6. The summed E-state index contributed by atoms with van der Waals surface area (Å²) < 4.78 is 57.1. The summed E-state index contributed by atoms with van der Waals surface area (Å²) in [4.78, 5) is 68.5. The first-order valence-corrected chi connectivity index (χ1v) is 20.9. The van der Waals surface area contributed by atoms with E-state index in [9.17, 15) is 29.1 Å². The maximum absolute atomic E-state index is 15.2. The molecule has 0 bridgehead atoms. The second-order valence-electron chi connectivity index (χ2n) is 15.3. The Hall–Kier alpha value is -7.68. The molecule has 0 amide bonds. The van der Waals surface area contributed by atoms with Crippen LogP contribution in [-0.2, 0) is 52.0 Å². The second kappa shape index (κ2) is 20.9. The molecule has 1 aliphatic rings. The van der Waals surface area contributed by atoms with Crippen LogP contribution in [0.5, 0.6) is 5.75 Å². The highest BCUT2D eigenvalue weighted by molar-refractivity contribution is 5.92. The predicted molar refractivity (Wildman–Crippen MR) is 235 cm³/mol. The molecule has 13 nitrogen and oxygen atoms in total. The summed E-state index contributed by atoms with van der Waals surface area (Å²) in [6.07, 6.45) is -8.98. The number of ether oxygens (including phenoxy) is 7. The Morgan fingerprint density at radius 3 is 1.62 bits per heavy atom. The van der Waals surface area contributed by atoms with Crippen LogP contribution >= 0.6 is 0 Å². The number of methoxy groups -OCH3 is 1. The fraction of sp³-hybridized carbons (Fsp3) is 0.212. The first-order valence-electron chi connectivity index (χ1n) is 20.9. The average Bonchev–Trinajstić information content (AvgIpc) is 3.34. The molecule has 0 aromatic heterocycles. The molecular formula is C52H45FO13. The van der Waals surface area contributed by atoms with Gasteiger partial charge in [0, 0.05) is 12.5 Å². The van der Waals surface area contributed by atoms with E-state index in [-0.39, 0.29) is 52.2 Å². The van der Waals surface area contributed by atoms with Crippen molar-refractivity contribution in [2.45, 2.75) is 63.2 Å². The summed E-state index contributed by atoms with van der Waals surface area (Å²) in [6, 6.07) is 40.3. The topological polar surface area (TPSA) is 170 Å². The molecule has 0 unspecified atom stereocenters. The van der Waals surface area contributed by atoms with Crippen LogP contribution in [-0.4, -0.2) is 72.6 Å². The monoisotopic (exact) mass is 896 g/mol. The van der Waals surface area contributed by atoms with Crippen molar-refractivity contribution in [3.63, 3.8) is 0 Å². The Morgan fingerprint density at radius 1 is 0.636 bits per heavy atom. The third-order valence-electron chi connectivity index (χ3n) is 10.8. The predicted octanol–water partition coefficient (Wildman–Crippen LogP) is 7.95. The molecule has 0 saturated carbocycles. The normalized spacial score (nSPS) is 19.3. The summed E-state index contributed by atoms with van der Waals surface area (Å²) in [5.74, 6) is -7.92. The lowest BCUT2D eigenvalue weighted by molar-refractivity contribution is -0.360. The third kappa shape index (κ3) is 10.8. The van der Waals surface area contributed by atoms with Crippen LogP contribution in [0.2, 0.25) is 0 Å². The van der Waals surface area contributed by atoms with E-state index in [0.717, 1.165) is 0 Å². The standard InChI is InChI=1S/C52H45FO13/c1-32(62-48(55)36-16-8-4-9-17-36)44-45(63-49(56)37-18-10-5-11-19-37)46(64-50(57)38-20-12-6-13-21-38)47(65-51(58)39-22-14-7-15-23-39)52(59,66-44)41-29-35(31-61-33(2)54)24-26-40(41)28-34-25-27-43(60-3)42(53)30-34/h4-27,29-30,32,44-47,59H,28,31H2,1-3H3/t32-,44+,45+,46-,47+,52+/m0/s1. The van der Waals surface area contributed by atoms with Gasteiger partial charge in [-0.3, -0.25) is 4.79 Å². The van der Waals surface area contributed by atoms with Gasteiger partial charge in [-0.2, -0.15) is 0 Å². The molecule has 0 spiro atoms. The molecule has 1 saturated heterocycles. The number of aliphatic hydroxyl groups is 1. The van der Waals surface area contributed by atoms with E-state index in [0.29, 0.717) is 11.1 Å². The zero-order valence-corrected chi connectivity index (χ0v) is 36.0. The summed E-state index contributed by atoms with van der Waals surface area (Å²) >= 11 is 0. The zero-order valence-electron chi connectivity index (χ0n) is 36.0. The molecule has 14 heteroatoms. The van der Waals surface area contributed by atoms with Crippen molar-refractivity contribution in [3.05, 3.63) is 208 Å². The van der Waals surface area contributed by atoms with Crippen molar-refractivity contribution in [2.24, 2.45) is 0 Å². The first kappa shape index (κ1) is 46.3. The number of halogens is 1. The Balaban J connectivity index is 1.46. The molecule has 6 aromatic rings. The van der Waals surface area contributed by atoms with E-state index in [2.05, 4.69) is 0 Å². The van der Waals surface area contributed by atoms with Crippen molar-refractivity contribution in [3.8, 4) is 5.75 Å². The van der Waals surface area contributed by atoms with E-state index in [1.165, 1.54) is 87.7 Å². The van der Waals surface area contributed by atoms with Gasteiger partial charge >= 0.3 is 29.8 Å². The number of carbonyl (C=O) groups excluding carboxylic acids is 5. The lowest BCUT2D eigenvalue weighted by Crippen LogP contribution is -2.68. The molecule has 1 fully saturated rings. The van der Waals surface area contributed by atoms with Crippen molar-refractivity contribution >= 4 is 29.8 Å². The van der Waals surface area contributed by atoms with Crippen molar-refractivity contribution in [1.82, 2.24) is 0 Å². The molecule has 0 radical (unpaired) electrons. The molecule has 1 heterocycles. The van der Waals surface area contributed by atoms with Gasteiger partial charge in [0.1, 0.15) is 18.8 Å². The molecule has 1 N–H and O–H groups in total. The lowest BCUT2D eigenvalue weighted by atomic mass is 9.82. The van der Waals surface area contributed by atoms with Gasteiger partial charge in [0.05, 0.1) is 29.4 Å². The highest BCUT2D eigenvalue weighted by atomic mass is 19.1. The molecule has 66 heavy (non-hydrogen) atoms. The van der Waals surface area contributed by atoms with Crippen LogP contribution in [0.1, 0.15) is 77.5 Å². The highest BCUT2D eigenvalue weighted by Crippen LogP contribution is 2.45. The third-order valence-corrected chi connectivity index (χ3v) is 10.8. The Labute approximate surface area is 379 Å². The van der Waals surface area contributed by atoms with Crippen LogP contribution in [0.4, 0.5) is 4.39 Å². The lowest BCUT2D eigenvalue weighted by Gasteiger charge is -2.50. The van der Waals surface area contributed by atoms with E-state index >= 15 is 4.39 Å². The average molecular weight is 897 g/mol. The summed E-state index contributed by atoms with van der Waals surface area (Å²) in [7, 11) is 1.32. The number of benzene rings is 6. The van der Waals surface area contributed by atoms with Crippen LogP contribution in [0.3, 0.4) is 0 Å². The quantitative estimate of drug-likeness (QED) is 0.0779. The molecule has 7 rings (SSSR count). The maximum atomic E-state index is 15.2. The van der Waals surface area contributed by atoms with E-state index in [4.69, 9.17) is 33.2 Å². The number of hydrogen-bond acceptors (Lipinski definition) is 13. The van der Waals surface area contributed by atoms with Crippen LogP contribution in [0, 0.1) is 5.82 Å². The van der Waals surface area contributed by atoms with Crippen LogP contribution < -0.4 is 4.74 Å². The molecule has 6 atom stereocenters. The molecule has 1 aliphatic heterocycles.